The highest BCUT2D eigenvalue weighted by Crippen LogP contribution is 2.27. The summed E-state index contributed by atoms with van der Waals surface area (Å²) >= 11 is 0. The molecule has 1 amide bonds. The van der Waals surface area contributed by atoms with E-state index in [4.69, 9.17) is 0 Å². The molecule has 1 unspecified atom stereocenters. The molecule has 2 N–H and O–H groups in total. The Balaban J connectivity index is 1.68. The lowest BCUT2D eigenvalue weighted by molar-refractivity contribution is -0.132. The molecule has 3 rings (SSSR count). The SMILES string of the molecule is Cc1nn(C)c(C)c1S(=O)(=O)NC(C)C(=O)N1CC[C@@H]2CNC[C@@H]2CC1. The van der Waals surface area contributed by atoms with Gasteiger partial charge in [0.15, 0.2) is 0 Å². The summed E-state index contributed by atoms with van der Waals surface area (Å²) in [6, 6.07) is -0.796. The van der Waals surface area contributed by atoms with E-state index in [1.165, 1.54) is 4.68 Å². The molecule has 0 aliphatic carbocycles. The van der Waals surface area contributed by atoms with Crippen LogP contribution in [0.5, 0.6) is 0 Å². The first kappa shape index (κ1) is 19.3. The molecule has 0 bridgehead atoms. The van der Waals surface area contributed by atoms with E-state index < -0.39 is 16.1 Å². The fraction of sp³-hybridized carbons (Fsp3) is 0.765. The van der Waals surface area contributed by atoms with E-state index in [1.54, 1.807) is 27.8 Å². The number of rotatable bonds is 4. The van der Waals surface area contributed by atoms with Crippen LogP contribution >= 0.6 is 0 Å². The number of aromatic nitrogens is 2. The zero-order chi connectivity index (χ0) is 19.1. The van der Waals surface area contributed by atoms with Gasteiger partial charge in [0.05, 0.1) is 17.4 Å². The molecule has 2 aliphatic rings. The van der Waals surface area contributed by atoms with Gasteiger partial charge in [-0.3, -0.25) is 9.48 Å². The second kappa shape index (κ2) is 7.28. The van der Waals surface area contributed by atoms with Gasteiger partial charge in [0.25, 0.3) is 0 Å². The quantitative estimate of drug-likeness (QED) is 0.772. The number of aryl methyl sites for hydroxylation is 2. The lowest BCUT2D eigenvalue weighted by Gasteiger charge is -2.25. The fourth-order valence-electron chi connectivity index (χ4n) is 4.20. The number of carbonyl (C=O) groups excluding carboxylic acids is 1. The van der Waals surface area contributed by atoms with E-state index in [0.29, 0.717) is 36.3 Å². The normalized spacial score (nSPS) is 25.0. The number of hydrogen-bond acceptors (Lipinski definition) is 5. The Morgan fingerprint density at radius 3 is 2.31 bits per heavy atom. The molecule has 3 heterocycles. The minimum absolute atomic E-state index is 0.152. The Morgan fingerprint density at radius 1 is 1.23 bits per heavy atom. The predicted octanol–water partition coefficient (Wildman–Crippen LogP) is 0.162. The monoisotopic (exact) mass is 383 g/mol. The Labute approximate surface area is 155 Å². The Hall–Kier alpha value is -1.45. The van der Waals surface area contributed by atoms with E-state index in [0.717, 1.165) is 25.9 Å². The molecule has 1 aromatic rings. The van der Waals surface area contributed by atoms with Crippen molar-refractivity contribution >= 4 is 15.9 Å². The second-order valence-electron chi connectivity index (χ2n) is 7.55. The van der Waals surface area contributed by atoms with Crippen molar-refractivity contribution in [3.8, 4) is 0 Å². The summed E-state index contributed by atoms with van der Waals surface area (Å²) < 4.78 is 29.6. The summed E-state index contributed by atoms with van der Waals surface area (Å²) in [7, 11) is -2.09. The number of sulfonamides is 1. The zero-order valence-electron chi connectivity index (χ0n) is 15.9. The van der Waals surface area contributed by atoms with Crippen molar-refractivity contribution < 1.29 is 13.2 Å². The zero-order valence-corrected chi connectivity index (χ0v) is 16.8. The summed E-state index contributed by atoms with van der Waals surface area (Å²) in [4.78, 5) is 14.8. The van der Waals surface area contributed by atoms with E-state index in [9.17, 15) is 13.2 Å². The van der Waals surface area contributed by atoms with Crippen LogP contribution in [0, 0.1) is 25.7 Å². The van der Waals surface area contributed by atoms with Gasteiger partial charge in [0, 0.05) is 20.1 Å². The minimum atomic E-state index is -3.80. The van der Waals surface area contributed by atoms with Crippen LogP contribution in [0.15, 0.2) is 4.90 Å². The van der Waals surface area contributed by atoms with Crippen molar-refractivity contribution in [2.75, 3.05) is 26.2 Å². The Kier molecular flexibility index (Phi) is 5.41. The van der Waals surface area contributed by atoms with Gasteiger partial charge in [-0.1, -0.05) is 0 Å². The topological polar surface area (TPSA) is 96.3 Å². The Bertz CT molecular complexity index is 775. The Morgan fingerprint density at radius 2 is 1.81 bits per heavy atom. The van der Waals surface area contributed by atoms with Crippen LogP contribution in [-0.2, 0) is 21.9 Å². The van der Waals surface area contributed by atoms with Crippen molar-refractivity contribution in [1.82, 2.24) is 24.7 Å². The highest BCUT2D eigenvalue weighted by atomic mass is 32.2. The van der Waals surface area contributed by atoms with E-state index >= 15 is 0 Å². The predicted molar refractivity (Wildman–Crippen MR) is 98.1 cm³/mol. The molecular formula is C17H29N5O3S. The van der Waals surface area contributed by atoms with Gasteiger partial charge in [-0.15, -0.1) is 0 Å². The third-order valence-electron chi connectivity index (χ3n) is 5.74. The average Bonchev–Trinajstić information content (AvgIpc) is 3.04. The average molecular weight is 384 g/mol. The summed E-state index contributed by atoms with van der Waals surface area (Å²) in [6.07, 6.45) is 1.95. The van der Waals surface area contributed by atoms with Crippen LogP contribution < -0.4 is 10.0 Å². The molecule has 0 saturated carbocycles. The number of amides is 1. The maximum absolute atomic E-state index is 12.8. The smallest absolute Gasteiger partial charge is 0.244 e. The highest BCUT2D eigenvalue weighted by molar-refractivity contribution is 7.89. The second-order valence-corrected chi connectivity index (χ2v) is 9.20. The molecule has 0 aromatic carbocycles. The molecule has 2 aliphatic heterocycles. The van der Waals surface area contributed by atoms with Crippen molar-refractivity contribution in [2.24, 2.45) is 18.9 Å². The number of hydrogen-bond donors (Lipinski definition) is 2. The first-order chi connectivity index (χ1) is 12.2. The van der Waals surface area contributed by atoms with Crippen molar-refractivity contribution in [1.29, 1.82) is 0 Å². The van der Waals surface area contributed by atoms with Crippen molar-refractivity contribution in [3.05, 3.63) is 11.4 Å². The molecule has 3 atom stereocenters. The van der Waals surface area contributed by atoms with Crippen LogP contribution in [0.4, 0.5) is 0 Å². The molecule has 0 spiro atoms. The van der Waals surface area contributed by atoms with Gasteiger partial charge in [0.1, 0.15) is 4.90 Å². The summed E-state index contributed by atoms with van der Waals surface area (Å²) in [5, 5.41) is 7.58. The molecule has 146 valence electrons. The number of carbonyl (C=O) groups is 1. The van der Waals surface area contributed by atoms with Crippen molar-refractivity contribution in [2.45, 2.75) is 44.6 Å². The third kappa shape index (κ3) is 3.65. The number of likely N-dealkylation sites (tertiary alicyclic amines) is 1. The number of fused-ring (bicyclic) bond motifs is 1. The molecule has 0 radical (unpaired) electrons. The summed E-state index contributed by atoms with van der Waals surface area (Å²) in [6.45, 7) is 8.42. The molecule has 2 fully saturated rings. The van der Waals surface area contributed by atoms with E-state index in [2.05, 4.69) is 15.1 Å². The molecule has 8 nitrogen and oxygen atoms in total. The molecular weight excluding hydrogens is 354 g/mol. The lowest BCUT2D eigenvalue weighted by Crippen LogP contribution is -2.47. The first-order valence-corrected chi connectivity index (χ1v) is 10.7. The van der Waals surface area contributed by atoms with E-state index in [1.807, 2.05) is 4.90 Å². The molecule has 9 heteroatoms. The summed E-state index contributed by atoms with van der Waals surface area (Å²) in [5.41, 5.74) is 0.997. The van der Waals surface area contributed by atoms with Gasteiger partial charge >= 0.3 is 0 Å². The lowest BCUT2D eigenvalue weighted by atomic mass is 9.92. The maximum atomic E-state index is 12.8. The van der Waals surface area contributed by atoms with Crippen LogP contribution in [0.25, 0.3) is 0 Å². The molecule has 26 heavy (non-hydrogen) atoms. The number of nitrogens with zero attached hydrogens (tertiary/aromatic N) is 3. The molecule has 2 saturated heterocycles. The van der Waals surface area contributed by atoms with Gasteiger partial charge in [-0.25, -0.2) is 8.42 Å². The highest BCUT2D eigenvalue weighted by Gasteiger charge is 2.34. The maximum Gasteiger partial charge on any atom is 0.244 e. The fourth-order valence-corrected chi connectivity index (χ4v) is 5.83. The third-order valence-corrected chi connectivity index (χ3v) is 7.54. The van der Waals surface area contributed by atoms with Crippen LogP contribution in [-0.4, -0.2) is 61.2 Å². The van der Waals surface area contributed by atoms with Crippen LogP contribution in [0.1, 0.15) is 31.2 Å². The van der Waals surface area contributed by atoms with Crippen LogP contribution in [0.3, 0.4) is 0 Å². The van der Waals surface area contributed by atoms with E-state index in [-0.39, 0.29) is 10.8 Å². The van der Waals surface area contributed by atoms with Gasteiger partial charge < -0.3 is 10.2 Å². The van der Waals surface area contributed by atoms with Crippen LogP contribution in [0.2, 0.25) is 0 Å². The standard InChI is InChI=1S/C17H29N5O3S/c1-11-16(13(3)21(4)19-11)26(24,25)20-12(2)17(23)22-7-5-14-9-18-10-15(14)6-8-22/h12,14-15,18,20H,5-10H2,1-4H3/t12?,14-,15+. The number of nitrogens with one attached hydrogen (secondary N) is 2. The molecule has 1 aromatic heterocycles. The largest absolute Gasteiger partial charge is 0.341 e. The summed E-state index contributed by atoms with van der Waals surface area (Å²) in [5.74, 6) is 1.10. The minimum Gasteiger partial charge on any atom is -0.341 e. The van der Waals surface area contributed by atoms with Crippen molar-refractivity contribution in [3.63, 3.8) is 0 Å². The van der Waals surface area contributed by atoms with Gasteiger partial charge in [-0.2, -0.15) is 9.82 Å². The van der Waals surface area contributed by atoms with Gasteiger partial charge in [0.2, 0.25) is 15.9 Å². The van der Waals surface area contributed by atoms with Gasteiger partial charge in [-0.05, 0) is 58.5 Å². The first-order valence-electron chi connectivity index (χ1n) is 9.22.